The first-order chi connectivity index (χ1) is 28.6. The minimum Gasteiger partial charge on any atom is -0.368 e. The van der Waals surface area contributed by atoms with Crippen molar-refractivity contribution >= 4 is 0 Å². The van der Waals surface area contributed by atoms with Crippen LogP contribution >= 0.6 is 0 Å². The van der Waals surface area contributed by atoms with Gasteiger partial charge in [-0.25, -0.2) is 0 Å². The van der Waals surface area contributed by atoms with Crippen LogP contribution in [0, 0.1) is 52.3 Å². The molecule has 0 spiro atoms. The minimum atomic E-state index is -0.551. The van der Waals surface area contributed by atoms with Gasteiger partial charge in [0.25, 0.3) is 0 Å². The first-order valence-electron chi connectivity index (χ1n) is 23.9. The Bertz CT molecular complexity index is 1720. The van der Waals surface area contributed by atoms with Crippen molar-refractivity contribution in [2.24, 2.45) is 52.3 Å². The number of hydrogen-bond acceptors (Lipinski definition) is 5. The zero-order chi connectivity index (χ0) is 41.0. The lowest BCUT2D eigenvalue weighted by Gasteiger charge is -2.61. The largest absolute Gasteiger partial charge is 0.368 e. The molecule has 3 aromatic carbocycles. The molecule has 0 amide bonds. The second-order valence-electron chi connectivity index (χ2n) is 20.7. The molecular weight excluding hydrogens is 729 g/mol. The topological polar surface area (TPSA) is 46.2 Å². The summed E-state index contributed by atoms with van der Waals surface area (Å²) in [6, 6.07) is 31.3. The normalized spacial score (nSPS) is 37.4. The molecule has 4 aliphatic carbocycles. The zero-order valence-electron chi connectivity index (χ0n) is 37.3. The van der Waals surface area contributed by atoms with E-state index in [1.807, 2.05) is 6.07 Å². The maximum atomic E-state index is 7.22. The summed E-state index contributed by atoms with van der Waals surface area (Å²) in [5, 5.41) is 0. The molecule has 0 aromatic heterocycles. The van der Waals surface area contributed by atoms with E-state index >= 15 is 0 Å². The van der Waals surface area contributed by atoms with Crippen LogP contribution in [0.1, 0.15) is 135 Å². The molecule has 0 bridgehead atoms. The van der Waals surface area contributed by atoms with Gasteiger partial charge in [-0.05, 0) is 134 Å². The summed E-state index contributed by atoms with van der Waals surface area (Å²) >= 11 is 0. The van der Waals surface area contributed by atoms with E-state index in [0.717, 1.165) is 65.0 Å². The highest BCUT2D eigenvalue weighted by molar-refractivity contribution is 5.16. The van der Waals surface area contributed by atoms with Crippen molar-refractivity contribution in [3.05, 3.63) is 108 Å². The lowest BCUT2D eigenvalue weighted by molar-refractivity contribution is -0.332. The molecular formula is C54H76O5. The highest BCUT2D eigenvalue weighted by Gasteiger charge is 2.61. The van der Waals surface area contributed by atoms with E-state index in [1.165, 1.54) is 64.2 Å². The van der Waals surface area contributed by atoms with Crippen LogP contribution in [0.15, 0.2) is 91.0 Å². The van der Waals surface area contributed by atoms with Gasteiger partial charge >= 0.3 is 0 Å². The first-order valence-corrected chi connectivity index (χ1v) is 23.9. The average molecular weight is 805 g/mol. The molecule has 5 heteroatoms. The Kier molecular flexibility index (Phi) is 14.1. The Balaban J connectivity index is 0.968. The van der Waals surface area contributed by atoms with E-state index in [2.05, 4.69) is 126 Å². The second-order valence-corrected chi connectivity index (χ2v) is 20.7. The van der Waals surface area contributed by atoms with Crippen molar-refractivity contribution in [2.45, 2.75) is 175 Å². The van der Waals surface area contributed by atoms with Gasteiger partial charge < -0.3 is 23.7 Å². The van der Waals surface area contributed by atoms with Gasteiger partial charge in [-0.15, -0.1) is 0 Å². The molecule has 3 aromatic rings. The molecule has 14 atom stereocenters. The van der Waals surface area contributed by atoms with Crippen molar-refractivity contribution in [1.29, 1.82) is 0 Å². The molecule has 1 heterocycles. The van der Waals surface area contributed by atoms with Gasteiger partial charge in [0.15, 0.2) is 6.29 Å². The predicted molar refractivity (Wildman–Crippen MR) is 237 cm³/mol. The van der Waals surface area contributed by atoms with Crippen LogP contribution in [0.5, 0.6) is 0 Å². The molecule has 5 nitrogen and oxygen atoms in total. The fraction of sp³-hybridized carbons (Fsp3) is 0.667. The number of ether oxygens (including phenoxy) is 5. The van der Waals surface area contributed by atoms with Gasteiger partial charge in [0.1, 0.15) is 18.3 Å². The number of benzene rings is 3. The van der Waals surface area contributed by atoms with E-state index < -0.39 is 12.4 Å². The quantitative estimate of drug-likeness (QED) is 0.135. The summed E-state index contributed by atoms with van der Waals surface area (Å²) in [6.07, 6.45) is 14.3. The fourth-order valence-electron chi connectivity index (χ4n) is 13.5. The first kappa shape index (κ1) is 43.1. The van der Waals surface area contributed by atoms with Crippen LogP contribution in [-0.4, -0.2) is 36.8 Å². The van der Waals surface area contributed by atoms with E-state index in [9.17, 15) is 0 Å². The molecule has 4 saturated carbocycles. The molecule has 322 valence electrons. The summed E-state index contributed by atoms with van der Waals surface area (Å²) in [5.74, 6) is 5.94. The molecule has 0 N–H and O–H groups in total. The smallest absolute Gasteiger partial charge is 0.187 e. The minimum absolute atomic E-state index is 0.137. The van der Waals surface area contributed by atoms with Gasteiger partial charge in [0.2, 0.25) is 0 Å². The second kappa shape index (κ2) is 19.2. The standard InChI is InChI=1S/C54H76O5/c1-37(2)17-16-18-38(3)46-27-28-47-45-26-25-43-33-44(29-31-53(43,5)48(45)30-32-54(46,47)6)59-52-51(57-36-42-23-14-9-15-24-42)50(56-35-41-21-12-8-13-22-41)49(39(4)58-52)55-34-40-19-10-7-11-20-40/h7-15,19-24,37-39,43-52H,16-18,25-36H2,1-6H3/t38-,39+,43?,44+,45+,46-,47+,48+,49-,50-,51+,52+,53+,54-/m1/s1. The third kappa shape index (κ3) is 9.61. The van der Waals surface area contributed by atoms with Crippen LogP contribution in [0.3, 0.4) is 0 Å². The molecule has 59 heavy (non-hydrogen) atoms. The van der Waals surface area contributed by atoms with Crippen molar-refractivity contribution in [1.82, 2.24) is 0 Å². The summed E-state index contributed by atoms with van der Waals surface area (Å²) in [7, 11) is 0. The Morgan fingerprint density at radius 3 is 1.78 bits per heavy atom. The van der Waals surface area contributed by atoms with Crippen molar-refractivity contribution in [3.63, 3.8) is 0 Å². The summed E-state index contributed by atoms with van der Waals surface area (Å²) in [6.45, 7) is 16.3. The third-order valence-corrected chi connectivity index (χ3v) is 16.7. The Morgan fingerprint density at radius 1 is 0.610 bits per heavy atom. The summed E-state index contributed by atoms with van der Waals surface area (Å²) < 4.78 is 34.7. The molecule has 5 aliphatic rings. The van der Waals surface area contributed by atoms with Crippen molar-refractivity contribution in [3.8, 4) is 0 Å². The average Bonchev–Trinajstić information content (AvgIpc) is 3.60. The third-order valence-electron chi connectivity index (χ3n) is 16.7. The summed E-state index contributed by atoms with van der Waals surface area (Å²) in [4.78, 5) is 0. The number of fused-ring (bicyclic) bond motifs is 5. The van der Waals surface area contributed by atoms with Crippen LogP contribution in [0.2, 0.25) is 0 Å². The van der Waals surface area contributed by atoms with Crippen LogP contribution < -0.4 is 0 Å². The number of hydrogen-bond donors (Lipinski definition) is 0. The Labute approximate surface area is 357 Å². The lowest BCUT2D eigenvalue weighted by Crippen LogP contribution is -2.61. The number of rotatable bonds is 16. The molecule has 1 saturated heterocycles. The van der Waals surface area contributed by atoms with E-state index in [-0.39, 0.29) is 24.4 Å². The van der Waals surface area contributed by atoms with E-state index in [0.29, 0.717) is 36.6 Å². The highest BCUT2D eigenvalue weighted by atomic mass is 16.7. The predicted octanol–water partition coefficient (Wildman–Crippen LogP) is 13.0. The Hall–Kier alpha value is -2.54. The maximum absolute atomic E-state index is 7.22. The van der Waals surface area contributed by atoms with Gasteiger partial charge in [0, 0.05) is 0 Å². The van der Waals surface area contributed by atoms with Gasteiger partial charge in [-0.3, -0.25) is 0 Å². The molecule has 5 fully saturated rings. The van der Waals surface area contributed by atoms with Crippen molar-refractivity contribution in [2.75, 3.05) is 0 Å². The van der Waals surface area contributed by atoms with E-state index in [1.54, 1.807) is 0 Å². The van der Waals surface area contributed by atoms with E-state index in [4.69, 9.17) is 23.7 Å². The maximum Gasteiger partial charge on any atom is 0.187 e. The molecule has 8 rings (SSSR count). The zero-order valence-corrected chi connectivity index (χ0v) is 37.3. The van der Waals surface area contributed by atoms with Crippen LogP contribution in [0.4, 0.5) is 0 Å². The van der Waals surface area contributed by atoms with Crippen molar-refractivity contribution < 1.29 is 23.7 Å². The highest BCUT2D eigenvalue weighted by Crippen LogP contribution is 2.68. The van der Waals surface area contributed by atoms with Crippen LogP contribution in [0.25, 0.3) is 0 Å². The monoisotopic (exact) mass is 805 g/mol. The SMILES string of the molecule is CC(C)CCC[C@@H](C)[C@H]1CC[C@H]2[C@@H]3CCC4C[C@@H](O[C@@H]5O[C@@H](C)[C@@H](OCc6ccccc6)[C@@H](OCc6ccccc6)[C@@H]5OCc5ccccc5)CC[C@]4(C)[C@H]3CC[C@]12C. The molecule has 1 aliphatic heterocycles. The van der Waals surface area contributed by atoms with Gasteiger partial charge in [0.05, 0.1) is 32.0 Å². The molecule has 0 radical (unpaired) electrons. The fourth-order valence-corrected chi connectivity index (χ4v) is 13.5. The Morgan fingerprint density at radius 2 is 1.17 bits per heavy atom. The van der Waals surface area contributed by atoms with Gasteiger partial charge in [-0.2, -0.15) is 0 Å². The van der Waals surface area contributed by atoms with Crippen LogP contribution in [-0.2, 0) is 43.5 Å². The molecule has 1 unspecified atom stereocenters. The summed E-state index contributed by atoms with van der Waals surface area (Å²) in [5.41, 5.74) is 4.31. The van der Waals surface area contributed by atoms with Gasteiger partial charge in [-0.1, -0.05) is 145 Å². The lowest BCUT2D eigenvalue weighted by atomic mass is 9.44.